The molecular formula is C20H16O2. The Kier molecular flexibility index (Phi) is 1.64. The van der Waals surface area contributed by atoms with Crippen molar-refractivity contribution in [3.05, 3.63) is 70.8 Å². The van der Waals surface area contributed by atoms with Crippen LogP contribution in [0.15, 0.2) is 48.5 Å². The van der Waals surface area contributed by atoms with E-state index in [0.717, 1.165) is 11.1 Å². The number of hydrogen-bond donors (Lipinski definition) is 0. The zero-order valence-electron chi connectivity index (χ0n) is 12.3. The summed E-state index contributed by atoms with van der Waals surface area (Å²) in [6.07, 6.45) is 4.82. The lowest BCUT2D eigenvalue weighted by molar-refractivity contribution is -0.0272. The van der Waals surface area contributed by atoms with Crippen molar-refractivity contribution in [2.45, 2.75) is 36.7 Å². The van der Waals surface area contributed by atoms with Gasteiger partial charge in [0.1, 0.15) is 0 Å². The monoisotopic (exact) mass is 288 g/mol. The maximum absolute atomic E-state index is 12.6. The number of carbonyl (C=O) groups is 1. The maximum Gasteiger partial charge on any atom is 0.339 e. The third-order valence-corrected chi connectivity index (χ3v) is 6.68. The van der Waals surface area contributed by atoms with E-state index in [4.69, 9.17) is 4.74 Å². The molecular weight excluding hydrogens is 272 g/mol. The van der Waals surface area contributed by atoms with Crippen molar-refractivity contribution < 1.29 is 9.53 Å². The van der Waals surface area contributed by atoms with Crippen molar-refractivity contribution in [2.24, 2.45) is 5.41 Å². The summed E-state index contributed by atoms with van der Waals surface area (Å²) < 4.78 is 6.22. The Morgan fingerprint density at radius 2 is 1.41 bits per heavy atom. The first-order valence-electron chi connectivity index (χ1n) is 8.18. The number of hydrogen-bond acceptors (Lipinski definition) is 2. The highest BCUT2D eigenvalue weighted by Gasteiger charge is 2.82. The summed E-state index contributed by atoms with van der Waals surface area (Å²) in [7, 11) is 0. The van der Waals surface area contributed by atoms with Gasteiger partial charge in [0.25, 0.3) is 0 Å². The average Bonchev–Trinajstić information content (AvgIpc) is 3.44. The smallest absolute Gasteiger partial charge is 0.339 e. The van der Waals surface area contributed by atoms with Gasteiger partial charge in [0, 0.05) is 22.0 Å². The molecule has 1 aliphatic heterocycles. The zero-order valence-corrected chi connectivity index (χ0v) is 12.3. The molecule has 2 aromatic rings. The molecule has 2 aromatic carbocycles. The second-order valence-electron chi connectivity index (χ2n) is 7.33. The fraction of sp³-hybridized carbons (Fsp3) is 0.350. The fourth-order valence-electron chi connectivity index (χ4n) is 5.66. The first-order valence-corrected chi connectivity index (χ1v) is 8.18. The average molecular weight is 288 g/mol. The Labute approximate surface area is 129 Å². The van der Waals surface area contributed by atoms with Crippen LogP contribution < -0.4 is 0 Å². The van der Waals surface area contributed by atoms with Crippen LogP contribution in [0.1, 0.15) is 52.7 Å². The first-order chi connectivity index (χ1) is 10.8. The molecule has 1 atom stereocenters. The number of benzene rings is 2. The third-order valence-electron chi connectivity index (χ3n) is 6.68. The summed E-state index contributed by atoms with van der Waals surface area (Å²) in [5, 5.41) is 0. The van der Waals surface area contributed by atoms with E-state index in [-0.39, 0.29) is 16.8 Å². The molecule has 0 saturated heterocycles. The van der Waals surface area contributed by atoms with Gasteiger partial charge in [-0.3, -0.25) is 0 Å². The SMILES string of the molecule is O=C1OC2(c3ccccc31)c1ccccc1C1(CC1)C21CC1. The van der Waals surface area contributed by atoms with Crippen LogP contribution in [0, 0.1) is 5.41 Å². The number of rotatable bonds is 0. The van der Waals surface area contributed by atoms with Gasteiger partial charge in [-0.05, 0) is 37.3 Å². The van der Waals surface area contributed by atoms with E-state index >= 15 is 0 Å². The van der Waals surface area contributed by atoms with E-state index < -0.39 is 5.60 Å². The van der Waals surface area contributed by atoms with Crippen LogP contribution in [-0.4, -0.2) is 5.97 Å². The molecule has 0 aromatic heterocycles. The van der Waals surface area contributed by atoms with Gasteiger partial charge in [0.15, 0.2) is 5.60 Å². The highest BCUT2D eigenvalue weighted by molar-refractivity contribution is 5.96. The number of esters is 1. The molecule has 3 aliphatic carbocycles. The minimum atomic E-state index is -0.520. The number of fused-ring (bicyclic) bond motifs is 7. The number of carbonyl (C=O) groups excluding carboxylic acids is 1. The minimum absolute atomic E-state index is 0.117. The fourth-order valence-corrected chi connectivity index (χ4v) is 5.66. The molecule has 108 valence electrons. The Balaban J connectivity index is 1.76. The predicted molar refractivity (Wildman–Crippen MR) is 81.7 cm³/mol. The second kappa shape index (κ2) is 3.15. The largest absolute Gasteiger partial charge is 0.445 e. The summed E-state index contributed by atoms with van der Waals surface area (Å²) >= 11 is 0. The van der Waals surface area contributed by atoms with Gasteiger partial charge in [-0.2, -0.15) is 0 Å². The molecule has 1 heterocycles. The lowest BCUT2D eigenvalue weighted by atomic mass is 9.73. The summed E-state index contributed by atoms with van der Waals surface area (Å²) in [6, 6.07) is 16.7. The summed E-state index contributed by atoms with van der Waals surface area (Å²) in [4.78, 5) is 12.6. The van der Waals surface area contributed by atoms with Gasteiger partial charge in [-0.1, -0.05) is 42.5 Å². The third kappa shape index (κ3) is 0.913. The molecule has 2 heteroatoms. The van der Waals surface area contributed by atoms with Gasteiger partial charge in [0.05, 0.1) is 5.56 Å². The van der Waals surface area contributed by atoms with Crippen molar-refractivity contribution in [3.63, 3.8) is 0 Å². The van der Waals surface area contributed by atoms with E-state index in [1.807, 2.05) is 18.2 Å². The van der Waals surface area contributed by atoms with Crippen molar-refractivity contribution in [1.29, 1.82) is 0 Å². The molecule has 0 radical (unpaired) electrons. The lowest BCUT2D eigenvalue weighted by Gasteiger charge is -2.35. The molecule has 2 saturated carbocycles. The zero-order chi connectivity index (χ0) is 14.6. The first kappa shape index (κ1) is 11.5. The predicted octanol–water partition coefficient (Wildman–Crippen LogP) is 3.93. The molecule has 1 unspecified atom stereocenters. The molecule has 4 aliphatic rings. The summed E-state index contributed by atoms with van der Waals surface area (Å²) in [5.74, 6) is -0.144. The van der Waals surface area contributed by atoms with E-state index in [1.165, 1.54) is 36.8 Å². The van der Waals surface area contributed by atoms with Crippen LogP contribution in [0.3, 0.4) is 0 Å². The van der Waals surface area contributed by atoms with E-state index in [2.05, 4.69) is 30.3 Å². The van der Waals surface area contributed by atoms with Crippen LogP contribution in [0.2, 0.25) is 0 Å². The van der Waals surface area contributed by atoms with Crippen molar-refractivity contribution >= 4 is 5.97 Å². The molecule has 6 rings (SSSR count). The maximum atomic E-state index is 12.6. The van der Waals surface area contributed by atoms with Crippen LogP contribution in [0.5, 0.6) is 0 Å². The lowest BCUT2D eigenvalue weighted by Crippen LogP contribution is -2.38. The van der Waals surface area contributed by atoms with Crippen molar-refractivity contribution in [2.75, 3.05) is 0 Å². The Bertz CT molecular complexity index is 858. The standard InChI is InChI=1S/C20H16O2/c21-17-13-5-1-2-6-14(13)20(22-17)16-8-4-3-7-15(16)18(9-10-18)19(20)11-12-19/h1-8H,9-12H2. The molecule has 22 heavy (non-hydrogen) atoms. The molecule has 0 bridgehead atoms. The van der Waals surface area contributed by atoms with Crippen LogP contribution in [0.25, 0.3) is 0 Å². The van der Waals surface area contributed by atoms with E-state index in [9.17, 15) is 4.79 Å². The minimum Gasteiger partial charge on any atom is -0.445 e. The van der Waals surface area contributed by atoms with Crippen molar-refractivity contribution in [3.8, 4) is 0 Å². The normalized spacial score (nSPS) is 30.5. The van der Waals surface area contributed by atoms with Gasteiger partial charge in [0.2, 0.25) is 0 Å². The van der Waals surface area contributed by atoms with Gasteiger partial charge in [-0.15, -0.1) is 0 Å². The van der Waals surface area contributed by atoms with Crippen molar-refractivity contribution in [1.82, 2.24) is 0 Å². The highest BCUT2D eigenvalue weighted by atomic mass is 16.6. The Hall–Kier alpha value is -2.09. The Morgan fingerprint density at radius 1 is 0.773 bits per heavy atom. The van der Waals surface area contributed by atoms with Gasteiger partial charge in [-0.25, -0.2) is 4.79 Å². The van der Waals surface area contributed by atoms with Gasteiger partial charge < -0.3 is 4.74 Å². The van der Waals surface area contributed by atoms with Gasteiger partial charge >= 0.3 is 5.97 Å². The van der Waals surface area contributed by atoms with Crippen LogP contribution in [0.4, 0.5) is 0 Å². The van der Waals surface area contributed by atoms with Crippen LogP contribution >= 0.6 is 0 Å². The van der Waals surface area contributed by atoms with E-state index in [1.54, 1.807) is 0 Å². The molecule has 0 N–H and O–H groups in total. The van der Waals surface area contributed by atoms with Crippen LogP contribution in [-0.2, 0) is 15.8 Å². The summed E-state index contributed by atoms with van der Waals surface area (Å²) in [6.45, 7) is 0. The highest BCUT2D eigenvalue weighted by Crippen LogP contribution is 2.84. The molecule has 2 fully saturated rings. The Morgan fingerprint density at radius 3 is 2.09 bits per heavy atom. The molecule has 3 spiro atoms. The molecule has 2 nitrogen and oxygen atoms in total. The molecule has 0 amide bonds. The number of ether oxygens (including phenoxy) is 1. The quantitative estimate of drug-likeness (QED) is 0.687. The summed E-state index contributed by atoms with van der Waals surface area (Å²) in [5.41, 5.74) is 4.43. The van der Waals surface area contributed by atoms with E-state index in [0.29, 0.717) is 0 Å². The topological polar surface area (TPSA) is 26.3 Å². The second-order valence-corrected chi connectivity index (χ2v) is 7.33.